The van der Waals surface area contributed by atoms with Gasteiger partial charge >= 0.3 is 0 Å². The number of rotatable bonds is 7. The maximum atomic E-state index is 12.8. The van der Waals surface area contributed by atoms with Crippen LogP contribution in [-0.2, 0) is 9.59 Å². The van der Waals surface area contributed by atoms with E-state index in [1.165, 1.54) is 11.1 Å². The Bertz CT molecular complexity index is 1190. The molecule has 0 bridgehead atoms. The van der Waals surface area contributed by atoms with Gasteiger partial charge in [-0.25, -0.2) is 0 Å². The molecule has 0 aromatic heterocycles. The van der Waals surface area contributed by atoms with Crippen molar-refractivity contribution in [3.8, 4) is 0 Å². The molecule has 1 fully saturated rings. The summed E-state index contributed by atoms with van der Waals surface area (Å²) in [6, 6.07) is 22.2. The van der Waals surface area contributed by atoms with Gasteiger partial charge < -0.3 is 10.2 Å². The lowest BCUT2D eigenvalue weighted by molar-refractivity contribution is -0.126. The number of hydrogen-bond acceptors (Lipinski definition) is 2. The van der Waals surface area contributed by atoms with Gasteiger partial charge in [-0.3, -0.25) is 9.59 Å². The monoisotopic (exact) mass is 424 g/mol. The number of amides is 2. The topological polar surface area (TPSA) is 49.4 Å². The molecular formula is C28H28N2O2. The number of aryl methyl sites for hydroxylation is 1. The van der Waals surface area contributed by atoms with Crippen molar-refractivity contribution in [2.45, 2.75) is 19.8 Å². The van der Waals surface area contributed by atoms with E-state index in [4.69, 9.17) is 0 Å². The Balaban J connectivity index is 1.40. The quantitative estimate of drug-likeness (QED) is 0.525. The molecular weight excluding hydrogens is 396 g/mol. The number of fused-ring (bicyclic) bond motifs is 1. The number of nitrogens with one attached hydrogen (secondary N) is 1. The summed E-state index contributed by atoms with van der Waals surface area (Å²) in [6.07, 6.45) is 4.72. The van der Waals surface area contributed by atoms with E-state index in [1.54, 1.807) is 11.0 Å². The molecule has 4 nitrogen and oxygen atoms in total. The van der Waals surface area contributed by atoms with Crippen molar-refractivity contribution < 1.29 is 9.59 Å². The Morgan fingerprint density at radius 1 is 1.09 bits per heavy atom. The molecule has 3 aromatic carbocycles. The highest BCUT2D eigenvalue weighted by atomic mass is 16.2. The minimum atomic E-state index is -0.341. The van der Waals surface area contributed by atoms with Crippen molar-refractivity contribution in [2.75, 3.05) is 18.0 Å². The molecule has 32 heavy (non-hydrogen) atoms. The second kappa shape index (κ2) is 9.65. The van der Waals surface area contributed by atoms with Crippen LogP contribution in [0.2, 0.25) is 0 Å². The summed E-state index contributed by atoms with van der Waals surface area (Å²) in [4.78, 5) is 27.3. The number of carbonyl (C=O) groups is 2. The molecule has 4 heteroatoms. The minimum absolute atomic E-state index is 0.00587. The Labute approximate surface area is 189 Å². The predicted molar refractivity (Wildman–Crippen MR) is 131 cm³/mol. The highest BCUT2D eigenvalue weighted by Crippen LogP contribution is 2.31. The molecule has 1 aliphatic rings. The average Bonchev–Trinajstić information content (AvgIpc) is 3.20. The van der Waals surface area contributed by atoms with Crippen LogP contribution in [-0.4, -0.2) is 24.9 Å². The lowest BCUT2D eigenvalue weighted by Crippen LogP contribution is -2.33. The first-order valence-corrected chi connectivity index (χ1v) is 11.0. The van der Waals surface area contributed by atoms with Crippen LogP contribution in [0.25, 0.3) is 16.3 Å². The number of carbonyl (C=O) groups excluding carboxylic acids is 2. The molecule has 0 aliphatic carbocycles. The van der Waals surface area contributed by atoms with Gasteiger partial charge in [0.2, 0.25) is 11.8 Å². The fourth-order valence-corrected chi connectivity index (χ4v) is 4.41. The van der Waals surface area contributed by atoms with Crippen molar-refractivity contribution in [1.82, 2.24) is 5.32 Å². The maximum Gasteiger partial charge on any atom is 0.227 e. The fourth-order valence-electron chi connectivity index (χ4n) is 4.41. The molecule has 1 aliphatic heterocycles. The third kappa shape index (κ3) is 4.50. The van der Waals surface area contributed by atoms with Crippen LogP contribution < -0.4 is 10.2 Å². The van der Waals surface area contributed by atoms with Gasteiger partial charge in [-0.05, 0) is 41.5 Å². The summed E-state index contributed by atoms with van der Waals surface area (Å²) in [6.45, 7) is 6.83. The Morgan fingerprint density at radius 3 is 2.66 bits per heavy atom. The van der Waals surface area contributed by atoms with E-state index in [1.807, 2.05) is 60.7 Å². The molecule has 3 aromatic rings. The summed E-state index contributed by atoms with van der Waals surface area (Å²) in [7, 11) is 0. The first-order valence-electron chi connectivity index (χ1n) is 11.0. The standard InChI is InChI=1S/C28H28N2O2/c1-3-9-21(24-13-6-4-10-20(24)2)16-17-29-28(32)23-18-27(31)30(19-23)26-15-8-12-22-11-5-7-14-25(22)26/h3-15,23H,1,16-19H2,2H3,(H,29,32)/b21-9-. The first-order chi connectivity index (χ1) is 15.6. The van der Waals surface area contributed by atoms with Crippen molar-refractivity contribution in [3.63, 3.8) is 0 Å². The normalized spacial score (nSPS) is 16.4. The van der Waals surface area contributed by atoms with Crippen molar-refractivity contribution in [1.29, 1.82) is 0 Å². The van der Waals surface area contributed by atoms with Crippen LogP contribution in [0.3, 0.4) is 0 Å². The summed E-state index contributed by atoms with van der Waals surface area (Å²) in [5, 5.41) is 5.16. The number of hydrogen-bond donors (Lipinski definition) is 1. The molecule has 162 valence electrons. The lowest BCUT2D eigenvalue weighted by atomic mass is 9.97. The first kappa shape index (κ1) is 21.6. The third-order valence-corrected chi connectivity index (χ3v) is 6.06. The zero-order valence-electron chi connectivity index (χ0n) is 18.4. The van der Waals surface area contributed by atoms with Crippen LogP contribution in [0.4, 0.5) is 5.69 Å². The van der Waals surface area contributed by atoms with Crippen LogP contribution in [0.1, 0.15) is 24.0 Å². The summed E-state index contributed by atoms with van der Waals surface area (Å²) >= 11 is 0. The zero-order valence-corrected chi connectivity index (χ0v) is 18.4. The van der Waals surface area contributed by atoms with Crippen LogP contribution in [0.5, 0.6) is 0 Å². The van der Waals surface area contributed by atoms with Crippen LogP contribution in [0.15, 0.2) is 85.5 Å². The van der Waals surface area contributed by atoms with Crippen LogP contribution in [0, 0.1) is 12.8 Å². The van der Waals surface area contributed by atoms with E-state index in [0.717, 1.165) is 22.0 Å². The highest BCUT2D eigenvalue weighted by molar-refractivity contribution is 6.07. The predicted octanol–water partition coefficient (Wildman–Crippen LogP) is 5.28. The van der Waals surface area contributed by atoms with E-state index in [0.29, 0.717) is 19.5 Å². The second-order valence-electron chi connectivity index (χ2n) is 8.19. The zero-order chi connectivity index (χ0) is 22.5. The van der Waals surface area contributed by atoms with Crippen molar-refractivity contribution >= 4 is 33.8 Å². The van der Waals surface area contributed by atoms with Gasteiger partial charge in [0.1, 0.15) is 0 Å². The van der Waals surface area contributed by atoms with Gasteiger partial charge in [0.15, 0.2) is 0 Å². The number of nitrogens with zero attached hydrogens (tertiary/aromatic N) is 1. The third-order valence-electron chi connectivity index (χ3n) is 6.06. The second-order valence-corrected chi connectivity index (χ2v) is 8.19. The molecule has 2 amide bonds. The Hall–Kier alpha value is -3.66. The summed E-state index contributed by atoms with van der Waals surface area (Å²) in [5.41, 5.74) is 4.37. The molecule has 1 N–H and O–H groups in total. The molecule has 0 spiro atoms. The summed E-state index contributed by atoms with van der Waals surface area (Å²) < 4.78 is 0. The van der Waals surface area contributed by atoms with Crippen molar-refractivity contribution in [3.05, 3.63) is 96.6 Å². The van der Waals surface area contributed by atoms with Gasteiger partial charge in [0.25, 0.3) is 0 Å². The minimum Gasteiger partial charge on any atom is -0.355 e. The SMILES string of the molecule is C=C/C=C(/CCNC(=O)C1CC(=O)N(c2cccc3ccccc23)C1)c1ccccc1C. The number of allylic oxidation sites excluding steroid dienone is 2. The van der Waals surface area contributed by atoms with E-state index >= 15 is 0 Å². The van der Waals surface area contributed by atoms with Gasteiger partial charge in [-0.15, -0.1) is 0 Å². The molecule has 0 saturated carbocycles. The number of anilines is 1. The van der Waals surface area contributed by atoms with E-state index in [-0.39, 0.29) is 24.2 Å². The largest absolute Gasteiger partial charge is 0.355 e. The summed E-state index contributed by atoms with van der Waals surface area (Å²) in [5.74, 6) is -0.413. The van der Waals surface area contributed by atoms with Gasteiger partial charge in [0, 0.05) is 24.9 Å². The highest BCUT2D eigenvalue weighted by Gasteiger charge is 2.35. The average molecular weight is 425 g/mol. The van der Waals surface area contributed by atoms with Crippen LogP contribution >= 0.6 is 0 Å². The number of benzene rings is 3. The van der Waals surface area contributed by atoms with E-state index in [9.17, 15) is 9.59 Å². The smallest absolute Gasteiger partial charge is 0.227 e. The maximum absolute atomic E-state index is 12.8. The van der Waals surface area contributed by atoms with Crippen molar-refractivity contribution in [2.24, 2.45) is 5.92 Å². The molecule has 0 radical (unpaired) electrons. The molecule has 1 heterocycles. The van der Waals surface area contributed by atoms with Gasteiger partial charge in [-0.1, -0.05) is 79.4 Å². The Morgan fingerprint density at radius 2 is 1.84 bits per heavy atom. The van der Waals surface area contributed by atoms with Gasteiger partial charge in [0.05, 0.1) is 11.6 Å². The molecule has 1 unspecified atom stereocenters. The van der Waals surface area contributed by atoms with E-state index in [2.05, 4.69) is 31.0 Å². The molecule has 4 rings (SSSR count). The van der Waals surface area contributed by atoms with Gasteiger partial charge in [-0.2, -0.15) is 0 Å². The molecule has 1 atom stereocenters. The molecule has 1 saturated heterocycles. The Kier molecular flexibility index (Phi) is 6.50. The lowest BCUT2D eigenvalue weighted by Gasteiger charge is -2.19. The fraction of sp³-hybridized carbons (Fsp3) is 0.214. The van der Waals surface area contributed by atoms with E-state index < -0.39 is 0 Å².